The van der Waals surface area contributed by atoms with Gasteiger partial charge in [-0.15, -0.1) is 0 Å². The van der Waals surface area contributed by atoms with Crippen molar-refractivity contribution in [2.75, 3.05) is 0 Å². The van der Waals surface area contributed by atoms with Gasteiger partial charge in [0.25, 0.3) is 0 Å². The van der Waals surface area contributed by atoms with Crippen LogP contribution in [0.1, 0.15) is 117 Å². The Labute approximate surface area is 202 Å². The Hall–Kier alpha value is -0.830. The predicted molar refractivity (Wildman–Crippen MR) is 133 cm³/mol. The number of allylic oxidation sites excluding steroid dienone is 2. The second-order valence-electron chi connectivity index (χ2n) is 13.1. The molecule has 186 valence electrons. The van der Waals surface area contributed by atoms with Gasteiger partial charge in [0.2, 0.25) is 0 Å². The highest BCUT2D eigenvalue weighted by Gasteiger charge is 2.58. The second kappa shape index (κ2) is 9.32. The first-order valence-corrected chi connectivity index (χ1v) is 14.4. The number of aliphatic hydroxyl groups excluding tert-OH is 1. The molecular weight excluding hydrogens is 408 g/mol. The van der Waals surface area contributed by atoms with E-state index in [0.29, 0.717) is 29.1 Å². The van der Waals surface area contributed by atoms with Crippen molar-refractivity contribution in [2.45, 2.75) is 129 Å². The van der Waals surface area contributed by atoms with Crippen LogP contribution in [-0.2, 0) is 9.53 Å². The summed E-state index contributed by atoms with van der Waals surface area (Å²) in [5.74, 6) is 3.14. The Morgan fingerprint density at radius 1 is 1.03 bits per heavy atom. The smallest absolute Gasteiger partial charge is 0.335 e. The lowest BCUT2D eigenvalue weighted by Gasteiger charge is -2.58. The number of esters is 1. The third-order valence-corrected chi connectivity index (χ3v) is 11.5. The molecule has 1 unspecified atom stereocenters. The van der Waals surface area contributed by atoms with Crippen molar-refractivity contribution >= 4 is 5.97 Å². The van der Waals surface area contributed by atoms with Crippen LogP contribution in [0.3, 0.4) is 0 Å². The fraction of sp³-hybridized carbons (Fsp3) is 0.900. The Balaban J connectivity index is 1.23. The van der Waals surface area contributed by atoms with Gasteiger partial charge in [0.05, 0.1) is 0 Å². The molecule has 0 aliphatic heterocycles. The van der Waals surface area contributed by atoms with E-state index in [0.717, 1.165) is 43.4 Å². The quantitative estimate of drug-likeness (QED) is 0.351. The summed E-state index contributed by atoms with van der Waals surface area (Å²) in [5.41, 5.74) is 2.62. The van der Waals surface area contributed by atoms with Gasteiger partial charge in [0.1, 0.15) is 6.10 Å². The van der Waals surface area contributed by atoms with Gasteiger partial charge in [-0.3, -0.25) is 0 Å². The van der Waals surface area contributed by atoms with Crippen LogP contribution in [0.25, 0.3) is 0 Å². The van der Waals surface area contributed by atoms with E-state index in [1.54, 1.807) is 5.57 Å². The lowest BCUT2D eigenvalue weighted by molar-refractivity contribution is -0.162. The summed E-state index contributed by atoms with van der Waals surface area (Å²) < 4.78 is 5.69. The number of aliphatic hydroxyl groups is 1. The molecule has 33 heavy (non-hydrogen) atoms. The molecular formula is C30H48O3. The third kappa shape index (κ3) is 4.23. The first-order chi connectivity index (χ1) is 15.8. The summed E-state index contributed by atoms with van der Waals surface area (Å²) in [6, 6.07) is 0. The van der Waals surface area contributed by atoms with Crippen LogP contribution < -0.4 is 0 Å². The van der Waals surface area contributed by atoms with Crippen molar-refractivity contribution < 1.29 is 14.6 Å². The molecule has 4 fully saturated rings. The van der Waals surface area contributed by atoms with Gasteiger partial charge in [0.15, 0.2) is 6.10 Å². The van der Waals surface area contributed by atoms with Gasteiger partial charge in [-0.25, -0.2) is 4.79 Å². The van der Waals surface area contributed by atoms with Crippen molar-refractivity contribution in [3.63, 3.8) is 0 Å². The van der Waals surface area contributed by atoms with Crippen LogP contribution >= 0.6 is 0 Å². The number of hydrogen-bond acceptors (Lipinski definition) is 3. The first kappa shape index (κ1) is 23.9. The van der Waals surface area contributed by atoms with Gasteiger partial charge in [-0.1, -0.05) is 45.3 Å². The minimum absolute atomic E-state index is 0.0326. The third-order valence-electron chi connectivity index (χ3n) is 11.5. The molecule has 5 aliphatic carbocycles. The van der Waals surface area contributed by atoms with Gasteiger partial charge in [-0.2, -0.15) is 0 Å². The molecule has 0 heterocycles. The van der Waals surface area contributed by atoms with Crippen LogP contribution in [0.5, 0.6) is 0 Å². The maximum Gasteiger partial charge on any atom is 0.335 e. The molecule has 0 amide bonds. The fourth-order valence-corrected chi connectivity index (χ4v) is 9.71. The highest BCUT2D eigenvalue weighted by molar-refractivity contribution is 5.74. The van der Waals surface area contributed by atoms with Gasteiger partial charge >= 0.3 is 5.97 Å². The number of hydrogen-bond donors (Lipinski definition) is 1. The summed E-state index contributed by atoms with van der Waals surface area (Å²) in [6.45, 7) is 7.46. The molecule has 0 aromatic rings. The molecule has 0 spiro atoms. The molecule has 5 aliphatic rings. The highest BCUT2D eigenvalue weighted by atomic mass is 16.6. The Kier molecular flexibility index (Phi) is 6.75. The average molecular weight is 457 g/mol. The maximum absolute atomic E-state index is 12.6. The SMILES string of the molecule is C[C@H](CC(O)C(=O)OC1CCCCC1)[C@H]1CC[C@H]2[C@@H]3CC=C4CCCC[C@]4(C)[C@H]3CC[C@]12C. The maximum atomic E-state index is 12.6. The van der Waals surface area contributed by atoms with Gasteiger partial charge in [0, 0.05) is 0 Å². The van der Waals surface area contributed by atoms with E-state index in [-0.39, 0.29) is 12.1 Å². The molecule has 0 radical (unpaired) electrons. The molecule has 0 bridgehead atoms. The van der Waals surface area contributed by atoms with E-state index >= 15 is 0 Å². The summed E-state index contributed by atoms with van der Waals surface area (Å²) in [6.07, 6.45) is 19.9. The number of carbonyl (C=O) groups excluding carboxylic acids is 1. The normalized spacial score (nSPS) is 43.0. The van der Waals surface area contributed by atoms with Gasteiger partial charge in [-0.05, 0) is 124 Å². The van der Waals surface area contributed by atoms with Crippen molar-refractivity contribution in [3.05, 3.63) is 11.6 Å². The molecule has 0 aromatic heterocycles. The zero-order valence-electron chi connectivity index (χ0n) is 21.5. The number of fused-ring (bicyclic) bond motifs is 5. The van der Waals surface area contributed by atoms with E-state index in [9.17, 15) is 9.90 Å². The number of rotatable bonds is 5. The fourth-order valence-electron chi connectivity index (χ4n) is 9.71. The van der Waals surface area contributed by atoms with E-state index in [1.807, 2.05) is 0 Å². The van der Waals surface area contributed by atoms with Crippen molar-refractivity contribution in [2.24, 2.45) is 40.4 Å². The van der Waals surface area contributed by atoms with Crippen molar-refractivity contribution in [1.29, 1.82) is 0 Å². The minimum Gasteiger partial charge on any atom is -0.460 e. The average Bonchev–Trinajstić information content (AvgIpc) is 3.16. The molecule has 0 aromatic carbocycles. The second-order valence-corrected chi connectivity index (χ2v) is 13.1. The van der Waals surface area contributed by atoms with Crippen LogP contribution in [0.2, 0.25) is 0 Å². The molecule has 1 N–H and O–H groups in total. The Bertz CT molecular complexity index is 752. The van der Waals surface area contributed by atoms with E-state index in [2.05, 4.69) is 26.8 Å². The van der Waals surface area contributed by atoms with Crippen molar-refractivity contribution in [3.8, 4) is 0 Å². The lowest BCUT2D eigenvalue weighted by Crippen LogP contribution is -2.50. The lowest BCUT2D eigenvalue weighted by atomic mass is 9.47. The van der Waals surface area contributed by atoms with Gasteiger partial charge < -0.3 is 9.84 Å². The van der Waals surface area contributed by atoms with E-state index in [4.69, 9.17) is 4.74 Å². The van der Waals surface area contributed by atoms with Crippen LogP contribution in [0.15, 0.2) is 11.6 Å². The summed E-state index contributed by atoms with van der Waals surface area (Å²) in [7, 11) is 0. The molecule has 3 nitrogen and oxygen atoms in total. The molecule has 4 saturated carbocycles. The first-order valence-electron chi connectivity index (χ1n) is 14.4. The highest BCUT2D eigenvalue weighted by Crippen LogP contribution is 2.67. The van der Waals surface area contributed by atoms with E-state index < -0.39 is 6.10 Å². The number of carbonyl (C=O) groups is 1. The van der Waals surface area contributed by atoms with Crippen LogP contribution in [-0.4, -0.2) is 23.3 Å². The standard InChI is InChI=1S/C30H48O3/c1-20(19-27(31)28(32)33-22-10-5-4-6-11-22)24-14-15-25-23-13-12-21-9-7-8-17-29(21,2)26(23)16-18-30(24,25)3/h12,20,22-27,31H,4-11,13-19H2,1-3H3/t20-,23+,24-,25+,26+,27?,29+,30-/m1/s1. The van der Waals surface area contributed by atoms with Crippen LogP contribution in [0.4, 0.5) is 0 Å². The Morgan fingerprint density at radius 3 is 2.61 bits per heavy atom. The minimum atomic E-state index is -0.956. The molecule has 3 heteroatoms. The number of ether oxygens (including phenoxy) is 1. The Morgan fingerprint density at radius 2 is 1.82 bits per heavy atom. The van der Waals surface area contributed by atoms with Crippen LogP contribution in [0, 0.1) is 40.4 Å². The summed E-state index contributed by atoms with van der Waals surface area (Å²) >= 11 is 0. The summed E-state index contributed by atoms with van der Waals surface area (Å²) in [4.78, 5) is 12.6. The zero-order valence-corrected chi connectivity index (χ0v) is 21.5. The predicted octanol–water partition coefficient (Wildman–Crippen LogP) is 7.22. The topological polar surface area (TPSA) is 46.5 Å². The zero-order chi connectivity index (χ0) is 23.2. The molecule has 8 atom stereocenters. The van der Waals surface area contributed by atoms with E-state index in [1.165, 1.54) is 64.2 Å². The monoisotopic (exact) mass is 456 g/mol. The molecule has 5 rings (SSSR count). The summed E-state index contributed by atoms with van der Waals surface area (Å²) in [5, 5.41) is 10.7. The van der Waals surface area contributed by atoms with Crippen molar-refractivity contribution in [1.82, 2.24) is 0 Å². The largest absolute Gasteiger partial charge is 0.460 e. The molecule has 0 saturated heterocycles.